The monoisotopic (exact) mass is 680 g/mol. The number of aryl methyl sites for hydroxylation is 2. The maximum Gasteiger partial charge on any atom is 0.224 e. The molecule has 2 fully saturated rings. The van der Waals surface area contributed by atoms with Crippen LogP contribution in [0.1, 0.15) is 35.1 Å². The number of anilines is 2. The quantitative estimate of drug-likeness (QED) is 0.113. The van der Waals surface area contributed by atoms with E-state index in [4.69, 9.17) is 18.9 Å². The fourth-order valence-electron chi connectivity index (χ4n) is 5.21. The molecule has 10 N–H and O–H groups in total. The Morgan fingerprint density at radius 1 is 0.625 bits per heavy atom. The Hall–Kier alpha value is -3.10. The highest BCUT2D eigenvalue weighted by Crippen LogP contribution is 2.26. The summed E-state index contributed by atoms with van der Waals surface area (Å²) in [6, 6.07) is 10.2. The molecule has 0 unspecified atom stereocenters. The molecular formula is C32H44N2O14. The molecule has 2 heterocycles. The van der Waals surface area contributed by atoms with Gasteiger partial charge in [0.2, 0.25) is 11.8 Å². The van der Waals surface area contributed by atoms with Gasteiger partial charge in [-0.15, -0.1) is 0 Å². The van der Waals surface area contributed by atoms with Crippen molar-refractivity contribution in [3.05, 3.63) is 58.7 Å². The van der Waals surface area contributed by atoms with Crippen LogP contribution in [0.15, 0.2) is 36.4 Å². The molecule has 2 amide bonds. The van der Waals surface area contributed by atoms with Crippen molar-refractivity contribution in [2.45, 2.75) is 101 Å². The molecule has 16 nitrogen and oxygen atoms in total. The van der Waals surface area contributed by atoms with E-state index in [-0.39, 0.29) is 26.1 Å². The molecule has 10 atom stereocenters. The first-order valence-corrected chi connectivity index (χ1v) is 15.5. The predicted molar refractivity (Wildman–Crippen MR) is 166 cm³/mol. The summed E-state index contributed by atoms with van der Waals surface area (Å²) < 4.78 is 21.9. The molecule has 2 saturated heterocycles. The maximum atomic E-state index is 12.7. The molecule has 2 aliphatic rings. The molecule has 0 aliphatic carbocycles. The second-order valence-corrected chi connectivity index (χ2v) is 11.9. The summed E-state index contributed by atoms with van der Waals surface area (Å²) in [4.78, 5) is 25.5. The number of aliphatic hydroxyl groups is 8. The number of hydrogen-bond donors (Lipinski definition) is 10. The van der Waals surface area contributed by atoms with E-state index in [9.17, 15) is 50.4 Å². The highest BCUT2D eigenvalue weighted by atomic mass is 16.7. The Labute approximate surface area is 276 Å². The number of rotatable bonds is 13. The first-order chi connectivity index (χ1) is 22.8. The number of carbonyl (C=O) groups is 2. The third-order valence-corrected chi connectivity index (χ3v) is 8.26. The summed E-state index contributed by atoms with van der Waals surface area (Å²) in [6.45, 7) is 2.22. The van der Waals surface area contributed by atoms with Gasteiger partial charge in [0, 0.05) is 24.2 Å². The largest absolute Gasteiger partial charge is 0.394 e. The van der Waals surface area contributed by atoms with Gasteiger partial charge in [-0.2, -0.15) is 0 Å². The van der Waals surface area contributed by atoms with Gasteiger partial charge in [-0.25, -0.2) is 0 Å². The average molecular weight is 681 g/mol. The highest BCUT2D eigenvalue weighted by molar-refractivity contribution is 5.97. The van der Waals surface area contributed by atoms with Crippen molar-refractivity contribution >= 4 is 23.2 Å². The van der Waals surface area contributed by atoms with Gasteiger partial charge in [-0.3, -0.25) is 9.59 Å². The molecule has 16 heteroatoms. The lowest BCUT2D eigenvalue weighted by molar-refractivity contribution is -0.304. The minimum absolute atomic E-state index is 0.0831. The minimum atomic E-state index is -1.57. The molecule has 2 aromatic carbocycles. The van der Waals surface area contributed by atoms with Crippen molar-refractivity contribution in [3.63, 3.8) is 0 Å². The van der Waals surface area contributed by atoms with Gasteiger partial charge in [0.25, 0.3) is 0 Å². The Bertz CT molecular complexity index is 1290. The number of ether oxygens (including phenoxy) is 4. The van der Waals surface area contributed by atoms with Crippen LogP contribution in [0.25, 0.3) is 0 Å². The molecule has 266 valence electrons. The van der Waals surface area contributed by atoms with Gasteiger partial charge in [0.15, 0.2) is 12.6 Å². The fourth-order valence-corrected chi connectivity index (χ4v) is 5.21. The zero-order chi connectivity index (χ0) is 35.1. The van der Waals surface area contributed by atoms with Crippen LogP contribution in [-0.2, 0) is 41.8 Å². The molecule has 48 heavy (non-hydrogen) atoms. The molecule has 2 aliphatic heterocycles. The second-order valence-electron chi connectivity index (χ2n) is 11.9. The van der Waals surface area contributed by atoms with Crippen LogP contribution in [0.3, 0.4) is 0 Å². The SMILES string of the molecule is Cc1ccc(CO[C@@H]2O[C@H](CO)[C@@H](O)[C@H](O)[C@H]2O)cc1NC(=O)CCC(=O)Nc1cc(CO[C@@H]2O[C@H](CO)[C@@H](O)[C@H](O)[C@H]2O)ccc1C. The maximum absolute atomic E-state index is 12.7. The van der Waals surface area contributed by atoms with E-state index in [1.807, 2.05) is 0 Å². The number of nitrogens with one attached hydrogen (secondary N) is 2. The lowest BCUT2D eigenvalue weighted by Gasteiger charge is -2.39. The first-order valence-electron chi connectivity index (χ1n) is 15.5. The van der Waals surface area contributed by atoms with Crippen LogP contribution in [0, 0.1) is 13.8 Å². The van der Waals surface area contributed by atoms with Crippen LogP contribution in [0.2, 0.25) is 0 Å². The van der Waals surface area contributed by atoms with Gasteiger partial charge >= 0.3 is 0 Å². The van der Waals surface area contributed by atoms with Crippen LogP contribution in [0.5, 0.6) is 0 Å². The summed E-state index contributed by atoms with van der Waals surface area (Å²) in [6.07, 6.45) is -14.3. The van der Waals surface area contributed by atoms with Crippen molar-refractivity contribution in [2.24, 2.45) is 0 Å². The average Bonchev–Trinajstić information content (AvgIpc) is 3.07. The smallest absolute Gasteiger partial charge is 0.224 e. The molecule has 0 saturated carbocycles. The topological polar surface area (TPSA) is 257 Å². The molecule has 4 rings (SSSR count). The van der Waals surface area contributed by atoms with Crippen molar-refractivity contribution < 1.29 is 69.4 Å². The van der Waals surface area contributed by atoms with Gasteiger partial charge in [0.05, 0.1) is 26.4 Å². The summed E-state index contributed by atoms with van der Waals surface area (Å²) in [7, 11) is 0. The number of aliphatic hydroxyl groups excluding tert-OH is 8. The van der Waals surface area contributed by atoms with E-state index < -0.39 is 86.4 Å². The Morgan fingerprint density at radius 3 is 1.35 bits per heavy atom. The Balaban J connectivity index is 1.26. The number of benzene rings is 2. The Kier molecular flexibility index (Phi) is 13.4. The molecule has 0 radical (unpaired) electrons. The Morgan fingerprint density at radius 2 is 1.00 bits per heavy atom. The summed E-state index contributed by atoms with van der Waals surface area (Å²) >= 11 is 0. The third kappa shape index (κ3) is 9.32. The zero-order valence-electron chi connectivity index (χ0n) is 26.5. The normalized spacial score (nSPS) is 30.5. The summed E-state index contributed by atoms with van der Waals surface area (Å²) in [5, 5.41) is 84.4. The second kappa shape index (κ2) is 17.0. The van der Waals surface area contributed by atoms with Crippen LogP contribution in [0.4, 0.5) is 11.4 Å². The van der Waals surface area contributed by atoms with Gasteiger partial charge in [-0.1, -0.05) is 24.3 Å². The van der Waals surface area contributed by atoms with E-state index in [1.54, 1.807) is 50.2 Å². The van der Waals surface area contributed by atoms with Crippen molar-refractivity contribution in [1.29, 1.82) is 0 Å². The lowest BCUT2D eigenvalue weighted by atomic mass is 9.99. The number of hydrogen-bond acceptors (Lipinski definition) is 14. The number of carbonyl (C=O) groups excluding carboxylic acids is 2. The van der Waals surface area contributed by atoms with E-state index in [0.29, 0.717) is 22.5 Å². The molecular weight excluding hydrogens is 636 g/mol. The molecule has 0 bridgehead atoms. The van der Waals surface area contributed by atoms with Gasteiger partial charge in [0.1, 0.15) is 48.8 Å². The highest BCUT2D eigenvalue weighted by Gasteiger charge is 2.45. The van der Waals surface area contributed by atoms with Crippen LogP contribution in [-0.4, -0.2) is 127 Å². The first kappa shape index (κ1) is 37.7. The summed E-state index contributed by atoms with van der Waals surface area (Å²) in [5.41, 5.74) is 3.61. The van der Waals surface area contributed by atoms with E-state index in [0.717, 1.165) is 11.1 Å². The summed E-state index contributed by atoms with van der Waals surface area (Å²) in [5.74, 6) is -0.836. The molecule has 0 aromatic heterocycles. The lowest BCUT2D eigenvalue weighted by Crippen LogP contribution is -2.59. The van der Waals surface area contributed by atoms with Crippen molar-refractivity contribution in [1.82, 2.24) is 0 Å². The molecule has 0 spiro atoms. The van der Waals surface area contributed by atoms with E-state index in [1.165, 1.54) is 0 Å². The fraction of sp³-hybridized carbons (Fsp3) is 0.562. The van der Waals surface area contributed by atoms with Crippen molar-refractivity contribution in [3.8, 4) is 0 Å². The molecule has 2 aromatic rings. The van der Waals surface area contributed by atoms with E-state index in [2.05, 4.69) is 10.6 Å². The van der Waals surface area contributed by atoms with Crippen molar-refractivity contribution in [2.75, 3.05) is 23.8 Å². The van der Waals surface area contributed by atoms with Gasteiger partial charge in [-0.05, 0) is 48.2 Å². The van der Waals surface area contributed by atoms with E-state index >= 15 is 0 Å². The third-order valence-electron chi connectivity index (χ3n) is 8.26. The predicted octanol–water partition coefficient (Wildman–Crippen LogP) is -1.71. The minimum Gasteiger partial charge on any atom is -0.394 e. The standard InChI is InChI=1S/C32H44N2O14/c1-15-3-5-17(13-45-31-29(43)27(41)25(39)21(11-35)47-31)9-19(15)33-23(37)7-8-24(38)34-20-10-18(6-4-16(20)2)14-46-32-30(44)28(42)26(40)22(12-36)48-32/h3-6,9-10,21-22,25-32,35-36,39-44H,7-8,11-14H2,1-2H3,(H,33,37)(H,34,38)/t21-,22-,25-,26-,27+,28+,29-,30-,31-,32-/m1/s1. The van der Waals surface area contributed by atoms with Crippen LogP contribution >= 0.6 is 0 Å². The number of amides is 2. The zero-order valence-corrected chi connectivity index (χ0v) is 26.5. The van der Waals surface area contributed by atoms with Gasteiger partial charge < -0.3 is 70.4 Å². The van der Waals surface area contributed by atoms with Crippen LogP contribution < -0.4 is 10.6 Å².